The highest BCUT2D eigenvalue weighted by Crippen LogP contribution is 2.08. The van der Waals surface area contributed by atoms with Crippen molar-refractivity contribution in [2.45, 2.75) is 25.7 Å². The molecule has 0 heterocycles. The van der Waals surface area contributed by atoms with Crippen LogP contribution >= 0.6 is 0 Å². The van der Waals surface area contributed by atoms with Crippen LogP contribution in [0, 0.1) is 0 Å². The van der Waals surface area contributed by atoms with E-state index in [1.807, 2.05) is 0 Å². The second-order valence-electron chi connectivity index (χ2n) is 4.24. The van der Waals surface area contributed by atoms with E-state index < -0.39 is 5.97 Å². The molecule has 5 heteroatoms. The number of hydrogen-bond acceptors (Lipinski definition) is 3. The Balaban J connectivity index is 2.43. The summed E-state index contributed by atoms with van der Waals surface area (Å²) in [6.07, 6.45) is 3.45. The van der Waals surface area contributed by atoms with Crippen molar-refractivity contribution in [1.29, 1.82) is 0 Å². The maximum atomic E-state index is 11.8. The molecule has 0 saturated carbocycles. The molecule has 19 heavy (non-hydrogen) atoms. The van der Waals surface area contributed by atoms with Crippen molar-refractivity contribution in [1.82, 2.24) is 5.32 Å². The van der Waals surface area contributed by atoms with Gasteiger partial charge in [-0.1, -0.05) is 25.0 Å². The average Bonchev–Trinajstić information content (AvgIpc) is 2.42. The molecule has 0 aliphatic heterocycles. The lowest BCUT2D eigenvalue weighted by molar-refractivity contribution is 0.0691. The summed E-state index contributed by atoms with van der Waals surface area (Å²) in [5.74, 6) is -1.46. The predicted octanol–water partition coefficient (Wildman–Crippen LogP) is 1.67. The topological polar surface area (TPSA) is 86.6 Å². The van der Waals surface area contributed by atoms with E-state index in [0.717, 1.165) is 25.7 Å². The van der Waals surface area contributed by atoms with E-state index in [1.54, 1.807) is 12.1 Å². The number of carbonyl (C=O) groups excluding carboxylic acids is 1. The number of benzene rings is 1. The number of nitrogens with one attached hydrogen (secondary N) is 1. The van der Waals surface area contributed by atoms with Crippen LogP contribution in [0.4, 0.5) is 0 Å². The highest BCUT2D eigenvalue weighted by atomic mass is 16.4. The number of unbranched alkanes of at least 4 members (excludes halogenated alkanes) is 3. The van der Waals surface area contributed by atoms with Crippen LogP contribution in [0.1, 0.15) is 46.4 Å². The van der Waals surface area contributed by atoms with Crippen LogP contribution in [0.2, 0.25) is 0 Å². The molecule has 104 valence electrons. The van der Waals surface area contributed by atoms with Crippen molar-refractivity contribution in [3.05, 3.63) is 35.4 Å². The van der Waals surface area contributed by atoms with Gasteiger partial charge in [0, 0.05) is 13.2 Å². The highest BCUT2D eigenvalue weighted by molar-refractivity contribution is 6.04. The van der Waals surface area contributed by atoms with Gasteiger partial charge >= 0.3 is 5.97 Å². The molecule has 0 unspecified atom stereocenters. The fourth-order valence-corrected chi connectivity index (χ4v) is 1.76. The van der Waals surface area contributed by atoms with Gasteiger partial charge in [0.25, 0.3) is 5.91 Å². The number of aromatic carboxylic acids is 1. The van der Waals surface area contributed by atoms with Crippen molar-refractivity contribution in [3.8, 4) is 0 Å². The van der Waals surface area contributed by atoms with Gasteiger partial charge in [0.05, 0.1) is 11.1 Å². The summed E-state index contributed by atoms with van der Waals surface area (Å²) in [5.41, 5.74) is 0.200. The lowest BCUT2D eigenvalue weighted by Crippen LogP contribution is -2.26. The Morgan fingerprint density at radius 2 is 1.63 bits per heavy atom. The quantitative estimate of drug-likeness (QED) is 0.624. The van der Waals surface area contributed by atoms with Crippen LogP contribution in [0.5, 0.6) is 0 Å². The average molecular weight is 265 g/mol. The first kappa shape index (κ1) is 15.2. The Bertz CT molecular complexity index is 431. The summed E-state index contributed by atoms with van der Waals surface area (Å²) in [6, 6.07) is 6.15. The first-order valence-corrected chi connectivity index (χ1v) is 6.38. The minimum atomic E-state index is -1.10. The monoisotopic (exact) mass is 265 g/mol. The van der Waals surface area contributed by atoms with Crippen LogP contribution in [0.3, 0.4) is 0 Å². The number of aliphatic hydroxyl groups is 1. The normalized spacial score (nSPS) is 10.2. The Kier molecular flexibility index (Phi) is 6.60. The van der Waals surface area contributed by atoms with E-state index in [0.29, 0.717) is 6.54 Å². The summed E-state index contributed by atoms with van der Waals surface area (Å²) in [4.78, 5) is 22.8. The number of hydrogen-bond donors (Lipinski definition) is 3. The van der Waals surface area contributed by atoms with Gasteiger partial charge in [-0.2, -0.15) is 0 Å². The fraction of sp³-hybridized carbons (Fsp3) is 0.429. The summed E-state index contributed by atoms with van der Waals surface area (Å²) in [6.45, 7) is 0.705. The SMILES string of the molecule is O=C(O)c1ccccc1C(=O)NCCCCCCO. The lowest BCUT2D eigenvalue weighted by Gasteiger charge is -2.07. The van der Waals surface area contributed by atoms with E-state index in [2.05, 4.69) is 5.32 Å². The molecule has 0 aliphatic rings. The molecule has 1 aromatic rings. The van der Waals surface area contributed by atoms with Crippen LogP contribution in [0.25, 0.3) is 0 Å². The molecule has 0 atom stereocenters. The zero-order valence-electron chi connectivity index (χ0n) is 10.8. The molecule has 1 aromatic carbocycles. The number of carboxylic acid groups (broad SMARTS) is 1. The molecule has 0 fully saturated rings. The van der Waals surface area contributed by atoms with Crippen LogP contribution < -0.4 is 5.32 Å². The summed E-state index contributed by atoms with van der Waals surface area (Å²) in [7, 11) is 0. The van der Waals surface area contributed by atoms with Crippen molar-refractivity contribution >= 4 is 11.9 Å². The molecule has 0 spiro atoms. The zero-order chi connectivity index (χ0) is 14.1. The fourth-order valence-electron chi connectivity index (χ4n) is 1.76. The van der Waals surface area contributed by atoms with E-state index in [4.69, 9.17) is 10.2 Å². The largest absolute Gasteiger partial charge is 0.478 e. The van der Waals surface area contributed by atoms with Crippen molar-refractivity contribution < 1.29 is 19.8 Å². The Hall–Kier alpha value is -1.88. The van der Waals surface area contributed by atoms with Gasteiger partial charge in [-0.15, -0.1) is 0 Å². The number of rotatable bonds is 8. The number of aliphatic hydroxyl groups excluding tert-OH is 1. The Morgan fingerprint density at radius 3 is 2.26 bits per heavy atom. The molecule has 5 nitrogen and oxygen atoms in total. The third-order valence-corrected chi connectivity index (χ3v) is 2.77. The minimum Gasteiger partial charge on any atom is -0.478 e. The summed E-state index contributed by atoms with van der Waals surface area (Å²) < 4.78 is 0. The second kappa shape index (κ2) is 8.26. The van der Waals surface area contributed by atoms with Gasteiger partial charge < -0.3 is 15.5 Å². The van der Waals surface area contributed by atoms with Crippen LogP contribution in [0.15, 0.2) is 24.3 Å². The maximum absolute atomic E-state index is 11.8. The van der Waals surface area contributed by atoms with E-state index in [1.165, 1.54) is 12.1 Å². The van der Waals surface area contributed by atoms with Crippen molar-refractivity contribution in [2.75, 3.05) is 13.2 Å². The number of carbonyl (C=O) groups is 2. The maximum Gasteiger partial charge on any atom is 0.336 e. The third kappa shape index (κ3) is 5.09. The zero-order valence-corrected chi connectivity index (χ0v) is 10.8. The summed E-state index contributed by atoms with van der Waals surface area (Å²) >= 11 is 0. The molecule has 0 saturated heterocycles. The first-order valence-electron chi connectivity index (χ1n) is 6.38. The lowest BCUT2D eigenvalue weighted by atomic mass is 10.1. The van der Waals surface area contributed by atoms with Gasteiger partial charge in [-0.05, 0) is 25.0 Å². The van der Waals surface area contributed by atoms with Gasteiger partial charge in [0.1, 0.15) is 0 Å². The van der Waals surface area contributed by atoms with E-state index >= 15 is 0 Å². The van der Waals surface area contributed by atoms with Gasteiger partial charge in [-0.25, -0.2) is 4.79 Å². The predicted molar refractivity (Wildman–Crippen MR) is 71.3 cm³/mol. The van der Waals surface area contributed by atoms with Crippen LogP contribution in [-0.2, 0) is 0 Å². The van der Waals surface area contributed by atoms with Gasteiger partial charge in [-0.3, -0.25) is 4.79 Å². The Morgan fingerprint density at radius 1 is 1.00 bits per heavy atom. The van der Waals surface area contributed by atoms with Crippen LogP contribution in [-0.4, -0.2) is 35.2 Å². The standard InChI is InChI=1S/C14H19NO4/c16-10-6-2-1-5-9-15-13(17)11-7-3-4-8-12(11)14(18)19/h3-4,7-8,16H,1-2,5-6,9-10H2,(H,15,17)(H,18,19). The molecule has 0 radical (unpaired) electrons. The Labute approximate surface area is 112 Å². The molecular weight excluding hydrogens is 246 g/mol. The van der Waals surface area contributed by atoms with Gasteiger partial charge in [0.2, 0.25) is 0 Å². The molecule has 0 aromatic heterocycles. The second-order valence-corrected chi connectivity index (χ2v) is 4.24. The van der Waals surface area contributed by atoms with E-state index in [-0.39, 0.29) is 23.6 Å². The summed E-state index contributed by atoms with van der Waals surface area (Å²) in [5, 5.41) is 20.3. The molecule has 1 rings (SSSR count). The van der Waals surface area contributed by atoms with Crippen molar-refractivity contribution in [2.24, 2.45) is 0 Å². The number of carboxylic acids is 1. The van der Waals surface area contributed by atoms with Crippen molar-refractivity contribution in [3.63, 3.8) is 0 Å². The van der Waals surface area contributed by atoms with E-state index in [9.17, 15) is 9.59 Å². The first-order chi connectivity index (χ1) is 9.16. The molecular formula is C14H19NO4. The smallest absolute Gasteiger partial charge is 0.336 e. The molecule has 0 bridgehead atoms. The molecule has 3 N–H and O–H groups in total. The molecule has 0 aliphatic carbocycles. The minimum absolute atomic E-state index is 0.0141. The van der Waals surface area contributed by atoms with Gasteiger partial charge in [0.15, 0.2) is 0 Å². The number of amides is 1. The third-order valence-electron chi connectivity index (χ3n) is 2.77. The highest BCUT2D eigenvalue weighted by Gasteiger charge is 2.14. The molecule has 1 amide bonds.